The van der Waals surface area contributed by atoms with Crippen molar-refractivity contribution < 1.29 is 22.7 Å². The molecule has 0 heterocycles. The number of anilines is 2. The molecule has 3 aromatic carbocycles. The molecule has 0 fully saturated rings. The van der Waals surface area contributed by atoms with E-state index in [-0.39, 0.29) is 17.2 Å². The van der Waals surface area contributed by atoms with Crippen molar-refractivity contribution in [2.24, 2.45) is 0 Å². The highest BCUT2D eigenvalue weighted by Crippen LogP contribution is 2.21. The summed E-state index contributed by atoms with van der Waals surface area (Å²) in [5, 5.41) is 2.77. The standard InChI is InChI=1S/C24H26N2O5S/c1-18-6-3-4-7-23(18)26-32(28,29)22-15-9-19(10-16-22)25-24(27)8-5-17-31-21-13-11-20(30-2)12-14-21/h3-4,6-7,9-16,26H,5,8,17H2,1-2H3,(H,25,27). The zero-order chi connectivity index (χ0) is 23.0. The van der Waals surface area contributed by atoms with Crippen LogP contribution in [0.15, 0.2) is 77.7 Å². The van der Waals surface area contributed by atoms with Gasteiger partial charge < -0.3 is 14.8 Å². The topological polar surface area (TPSA) is 93.7 Å². The summed E-state index contributed by atoms with van der Waals surface area (Å²) in [7, 11) is -2.12. The molecule has 0 atom stereocenters. The Labute approximate surface area is 188 Å². The Morgan fingerprint density at radius 3 is 2.22 bits per heavy atom. The third kappa shape index (κ3) is 6.49. The van der Waals surface area contributed by atoms with Crippen LogP contribution in [0.5, 0.6) is 11.5 Å². The maximum atomic E-state index is 12.6. The predicted molar refractivity (Wildman–Crippen MR) is 125 cm³/mol. The van der Waals surface area contributed by atoms with Crippen LogP contribution in [0.4, 0.5) is 11.4 Å². The van der Waals surface area contributed by atoms with Gasteiger partial charge in [0.1, 0.15) is 11.5 Å². The van der Waals surface area contributed by atoms with E-state index in [4.69, 9.17) is 9.47 Å². The van der Waals surface area contributed by atoms with Crippen LogP contribution in [0, 0.1) is 6.92 Å². The summed E-state index contributed by atoms with van der Waals surface area (Å²) in [6.07, 6.45) is 0.829. The number of ether oxygens (including phenoxy) is 2. The van der Waals surface area contributed by atoms with Crippen LogP contribution in [0.2, 0.25) is 0 Å². The smallest absolute Gasteiger partial charge is 0.261 e. The molecular formula is C24H26N2O5S. The molecular weight excluding hydrogens is 428 g/mol. The van der Waals surface area contributed by atoms with Gasteiger partial charge in [0.25, 0.3) is 10.0 Å². The molecule has 8 heteroatoms. The van der Waals surface area contributed by atoms with Crippen molar-refractivity contribution in [3.05, 3.63) is 78.4 Å². The van der Waals surface area contributed by atoms with Crippen LogP contribution in [-0.4, -0.2) is 28.0 Å². The fraction of sp³-hybridized carbons (Fsp3) is 0.208. The van der Waals surface area contributed by atoms with Crippen molar-refractivity contribution in [1.29, 1.82) is 0 Å². The maximum Gasteiger partial charge on any atom is 0.261 e. The second-order valence-corrected chi connectivity index (χ2v) is 8.80. The molecule has 0 spiro atoms. The lowest BCUT2D eigenvalue weighted by Gasteiger charge is -2.11. The maximum absolute atomic E-state index is 12.6. The molecule has 0 aliphatic carbocycles. The number of nitrogens with one attached hydrogen (secondary N) is 2. The zero-order valence-electron chi connectivity index (χ0n) is 18.0. The first-order valence-corrected chi connectivity index (χ1v) is 11.6. The van der Waals surface area contributed by atoms with Crippen LogP contribution in [-0.2, 0) is 14.8 Å². The second-order valence-electron chi connectivity index (χ2n) is 7.12. The molecule has 0 radical (unpaired) electrons. The number of amides is 1. The fourth-order valence-corrected chi connectivity index (χ4v) is 4.06. The van der Waals surface area contributed by atoms with Gasteiger partial charge in [0, 0.05) is 12.1 Å². The number of carbonyl (C=O) groups excluding carboxylic acids is 1. The van der Waals surface area contributed by atoms with Gasteiger partial charge in [-0.1, -0.05) is 18.2 Å². The summed E-state index contributed by atoms with van der Waals surface area (Å²) in [4.78, 5) is 12.3. The summed E-state index contributed by atoms with van der Waals surface area (Å²) in [5.41, 5.74) is 1.89. The molecule has 0 saturated heterocycles. The van der Waals surface area contributed by atoms with Crippen LogP contribution in [0.1, 0.15) is 18.4 Å². The highest BCUT2D eigenvalue weighted by atomic mass is 32.2. The lowest BCUT2D eigenvalue weighted by Crippen LogP contribution is -2.15. The van der Waals surface area contributed by atoms with E-state index in [0.717, 1.165) is 11.3 Å². The largest absolute Gasteiger partial charge is 0.497 e. The summed E-state index contributed by atoms with van der Waals surface area (Å²) >= 11 is 0. The monoisotopic (exact) mass is 454 g/mol. The number of sulfonamides is 1. The first-order valence-electron chi connectivity index (χ1n) is 10.1. The van der Waals surface area contributed by atoms with Crippen molar-refractivity contribution in [2.75, 3.05) is 23.8 Å². The normalized spacial score (nSPS) is 10.9. The Kier molecular flexibility index (Phi) is 7.72. The van der Waals surface area contributed by atoms with Gasteiger partial charge in [-0.3, -0.25) is 9.52 Å². The van der Waals surface area contributed by atoms with E-state index in [2.05, 4.69) is 10.0 Å². The molecule has 3 rings (SSSR count). The molecule has 0 saturated carbocycles. The van der Waals surface area contributed by atoms with E-state index in [1.54, 1.807) is 31.4 Å². The molecule has 0 bridgehead atoms. The van der Waals surface area contributed by atoms with Gasteiger partial charge in [0.05, 0.1) is 24.3 Å². The first kappa shape index (κ1) is 23.1. The number of hydrogen-bond donors (Lipinski definition) is 2. The van der Waals surface area contributed by atoms with Crippen LogP contribution in [0.3, 0.4) is 0 Å². The number of benzene rings is 3. The van der Waals surface area contributed by atoms with Gasteiger partial charge in [-0.25, -0.2) is 8.42 Å². The Balaban J connectivity index is 1.47. The van der Waals surface area contributed by atoms with E-state index in [9.17, 15) is 13.2 Å². The molecule has 3 aromatic rings. The molecule has 0 unspecified atom stereocenters. The van der Waals surface area contributed by atoms with Crippen LogP contribution in [0.25, 0.3) is 0 Å². The van der Waals surface area contributed by atoms with Crippen LogP contribution >= 0.6 is 0 Å². The van der Waals surface area contributed by atoms with E-state index >= 15 is 0 Å². The Hall–Kier alpha value is -3.52. The van der Waals surface area contributed by atoms with Gasteiger partial charge in [0.15, 0.2) is 0 Å². The third-order valence-electron chi connectivity index (χ3n) is 4.71. The number of aryl methyl sites for hydroxylation is 1. The summed E-state index contributed by atoms with van der Waals surface area (Å²) in [5.74, 6) is 1.29. The number of hydrogen-bond acceptors (Lipinski definition) is 5. The Bertz CT molecular complexity index is 1140. The molecule has 0 aliphatic heterocycles. The third-order valence-corrected chi connectivity index (χ3v) is 6.10. The molecule has 0 aliphatic rings. The minimum absolute atomic E-state index is 0.117. The summed E-state index contributed by atoms with van der Waals surface area (Å²) < 4.78 is 38.5. The van der Waals surface area contributed by atoms with Gasteiger partial charge in [0.2, 0.25) is 5.91 Å². The minimum atomic E-state index is -3.72. The van der Waals surface area contributed by atoms with Gasteiger partial charge in [-0.05, 0) is 73.5 Å². The fourth-order valence-electron chi connectivity index (χ4n) is 2.93. The van der Waals surface area contributed by atoms with E-state index in [1.165, 1.54) is 12.1 Å². The Morgan fingerprint density at radius 2 is 1.56 bits per heavy atom. The predicted octanol–water partition coefficient (Wildman–Crippen LogP) is 4.60. The average Bonchev–Trinajstić information content (AvgIpc) is 2.79. The number of methoxy groups -OCH3 is 1. The first-order chi connectivity index (χ1) is 15.4. The minimum Gasteiger partial charge on any atom is -0.497 e. The average molecular weight is 455 g/mol. The van der Waals surface area contributed by atoms with Gasteiger partial charge in [-0.15, -0.1) is 0 Å². The van der Waals surface area contributed by atoms with Crippen molar-refractivity contribution in [3.8, 4) is 11.5 Å². The van der Waals surface area contributed by atoms with Crippen molar-refractivity contribution in [3.63, 3.8) is 0 Å². The summed E-state index contributed by atoms with van der Waals surface area (Å²) in [6, 6.07) is 20.4. The Morgan fingerprint density at radius 1 is 0.906 bits per heavy atom. The zero-order valence-corrected chi connectivity index (χ0v) is 18.8. The SMILES string of the molecule is COc1ccc(OCCCC(=O)Nc2ccc(S(=O)(=O)Nc3ccccc3C)cc2)cc1. The molecule has 0 aromatic heterocycles. The number of rotatable bonds is 10. The van der Waals surface area contributed by atoms with Crippen molar-refractivity contribution in [2.45, 2.75) is 24.7 Å². The molecule has 2 N–H and O–H groups in total. The lowest BCUT2D eigenvalue weighted by atomic mass is 10.2. The second kappa shape index (κ2) is 10.7. The molecule has 1 amide bonds. The van der Waals surface area contributed by atoms with E-state index in [1.807, 2.05) is 43.3 Å². The summed E-state index contributed by atoms with van der Waals surface area (Å²) in [6.45, 7) is 2.24. The van der Waals surface area contributed by atoms with Gasteiger partial charge in [-0.2, -0.15) is 0 Å². The molecule has 7 nitrogen and oxygen atoms in total. The quantitative estimate of drug-likeness (QED) is 0.437. The number of carbonyl (C=O) groups is 1. The van der Waals surface area contributed by atoms with Crippen molar-refractivity contribution >= 4 is 27.3 Å². The van der Waals surface area contributed by atoms with Crippen LogP contribution < -0.4 is 19.5 Å². The highest BCUT2D eigenvalue weighted by molar-refractivity contribution is 7.92. The van der Waals surface area contributed by atoms with E-state index < -0.39 is 10.0 Å². The van der Waals surface area contributed by atoms with E-state index in [0.29, 0.717) is 30.2 Å². The lowest BCUT2D eigenvalue weighted by molar-refractivity contribution is -0.116. The highest BCUT2D eigenvalue weighted by Gasteiger charge is 2.15. The molecule has 32 heavy (non-hydrogen) atoms. The number of para-hydroxylation sites is 1. The molecule has 168 valence electrons. The van der Waals surface area contributed by atoms with Gasteiger partial charge >= 0.3 is 0 Å². The van der Waals surface area contributed by atoms with Crippen molar-refractivity contribution in [1.82, 2.24) is 0 Å².